The quantitative estimate of drug-likeness (QED) is 0.708. The summed E-state index contributed by atoms with van der Waals surface area (Å²) < 4.78 is 5.63. The van der Waals surface area contributed by atoms with Gasteiger partial charge in [0.05, 0.1) is 0 Å². The number of amides is 1. The van der Waals surface area contributed by atoms with Gasteiger partial charge in [-0.25, -0.2) is 0 Å². The Morgan fingerprint density at radius 2 is 1.54 bits per heavy atom. The summed E-state index contributed by atoms with van der Waals surface area (Å²) in [4.78, 5) is 23.5. The van der Waals surface area contributed by atoms with E-state index in [2.05, 4.69) is 5.32 Å². The van der Waals surface area contributed by atoms with E-state index in [9.17, 15) is 9.59 Å². The number of anilines is 1. The van der Waals surface area contributed by atoms with Gasteiger partial charge in [-0.2, -0.15) is 0 Å². The van der Waals surface area contributed by atoms with E-state index in [1.54, 1.807) is 36.4 Å². The van der Waals surface area contributed by atoms with Gasteiger partial charge in [-0.1, -0.05) is 42.0 Å². The van der Waals surface area contributed by atoms with Gasteiger partial charge in [0.2, 0.25) is 0 Å². The third kappa shape index (κ3) is 3.43. The van der Waals surface area contributed by atoms with E-state index in [0.29, 0.717) is 11.3 Å². The minimum Gasteiger partial charge on any atom is -0.451 e. The summed E-state index contributed by atoms with van der Waals surface area (Å²) in [7, 11) is 0. The molecule has 120 valence electrons. The summed E-state index contributed by atoms with van der Waals surface area (Å²) in [5.74, 6) is 0.532. The predicted octanol–water partition coefficient (Wildman–Crippen LogP) is 4.71. The van der Waals surface area contributed by atoms with Crippen LogP contribution in [-0.4, -0.2) is 11.7 Å². The second kappa shape index (κ2) is 6.54. The zero-order chi connectivity index (χ0) is 17.1. The van der Waals surface area contributed by atoms with Crippen LogP contribution in [0.1, 0.15) is 33.4 Å². The summed E-state index contributed by atoms with van der Waals surface area (Å²) in [5.41, 5.74) is 3.30. The first-order chi connectivity index (χ1) is 11.5. The van der Waals surface area contributed by atoms with Crippen LogP contribution in [-0.2, 0) is 0 Å². The number of Topliss-reactive ketones (excluding diaryl/α,β-unsaturated/α-hetero) is 1. The van der Waals surface area contributed by atoms with E-state index in [-0.39, 0.29) is 17.5 Å². The van der Waals surface area contributed by atoms with E-state index in [4.69, 9.17) is 4.42 Å². The van der Waals surface area contributed by atoms with Crippen molar-refractivity contribution in [3.8, 4) is 11.3 Å². The van der Waals surface area contributed by atoms with Crippen LogP contribution in [0.2, 0.25) is 0 Å². The Labute approximate surface area is 140 Å². The minimum absolute atomic E-state index is 0.0131. The van der Waals surface area contributed by atoms with Gasteiger partial charge >= 0.3 is 0 Å². The van der Waals surface area contributed by atoms with E-state index in [1.807, 2.05) is 31.2 Å². The van der Waals surface area contributed by atoms with Crippen LogP contribution in [0.3, 0.4) is 0 Å². The van der Waals surface area contributed by atoms with Crippen LogP contribution in [0.4, 0.5) is 5.69 Å². The van der Waals surface area contributed by atoms with Crippen LogP contribution in [0.5, 0.6) is 0 Å². The molecule has 0 saturated heterocycles. The maximum atomic E-state index is 12.2. The van der Waals surface area contributed by atoms with Gasteiger partial charge in [0.15, 0.2) is 11.5 Å². The van der Waals surface area contributed by atoms with Gasteiger partial charge in [-0.05, 0) is 38.1 Å². The van der Waals surface area contributed by atoms with Crippen LogP contribution >= 0.6 is 0 Å². The number of hydrogen-bond donors (Lipinski definition) is 1. The molecule has 0 atom stereocenters. The second-order valence-electron chi connectivity index (χ2n) is 5.62. The molecule has 2 aromatic carbocycles. The first-order valence-electron chi connectivity index (χ1n) is 7.62. The fourth-order valence-electron chi connectivity index (χ4n) is 2.31. The number of rotatable bonds is 4. The fraction of sp³-hybridized carbons (Fsp3) is 0.100. The molecule has 1 amide bonds. The molecule has 1 N–H and O–H groups in total. The number of furan rings is 1. The maximum Gasteiger partial charge on any atom is 0.291 e. The highest BCUT2D eigenvalue weighted by Crippen LogP contribution is 2.23. The van der Waals surface area contributed by atoms with Crippen molar-refractivity contribution in [2.24, 2.45) is 0 Å². The third-order valence-electron chi connectivity index (χ3n) is 3.72. The largest absolute Gasteiger partial charge is 0.451 e. The lowest BCUT2D eigenvalue weighted by Gasteiger charge is -2.03. The first kappa shape index (κ1) is 15.7. The molecule has 0 radical (unpaired) electrons. The third-order valence-corrected chi connectivity index (χ3v) is 3.72. The topological polar surface area (TPSA) is 59.3 Å². The number of carbonyl (C=O) groups is 2. The lowest BCUT2D eigenvalue weighted by atomic mass is 10.1. The van der Waals surface area contributed by atoms with Gasteiger partial charge in [-0.15, -0.1) is 0 Å². The summed E-state index contributed by atoms with van der Waals surface area (Å²) in [6.07, 6.45) is 0. The highest BCUT2D eigenvalue weighted by atomic mass is 16.3. The molecular formula is C20H17NO3. The molecule has 24 heavy (non-hydrogen) atoms. The van der Waals surface area contributed by atoms with Gasteiger partial charge < -0.3 is 9.73 Å². The molecular weight excluding hydrogens is 302 g/mol. The average molecular weight is 319 g/mol. The van der Waals surface area contributed by atoms with Crippen molar-refractivity contribution in [2.45, 2.75) is 13.8 Å². The Morgan fingerprint density at radius 3 is 2.17 bits per heavy atom. The Kier molecular flexibility index (Phi) is 4.29. The number of benzene rings is 2. The highest BCUT2D eigenvalue weighted by molar-refractivity contribution is 6.02. The van der Waals surface area contributed by atoms with Crippen molar-refractivity contribution in [1.29, 1.82) is 0 Å². The molecule has 1 heterocycles. The van der Waals surface area contributed by atoms with E-state index < -0.39 is 0 Å². The molecule has 0 saturated carbocycles. The fourth-order valence-corrected chi connectivity index (χ4v) is 2.31. The molecule has 0 bridgehead atoms. The Morgan fingerprint density at radius 1 is 0.875 bits per heavy atom. The SMILES string of the molecule is CC(=O)c1ccc(-c2ccc(C(=O)Nc3ccc(C)cc3)o2)cc1. The Bertz CT molecular complexity index is 874. The monoisotopic (exact) mass is 319 g/mol. The van der Waals surface area contributed by atoms with Crippen molar-refractivity contribution in [3.05, 3.63) is 77.6 Å². The number of nitrogens with one attached hydrogen (secondary N) is 1. The molecule has 4 heteroatoms. The minimum atomic E-state index is -0.301. The Hall–Kier alpha value is -3.14. The highest BCUT2D eigenvalue weighted by Gasteiger charge is 2.12. The number of aryl methyl sites for hydroxylation is 1. The number of carbonyl (C=O) groups excluding carboxylic acids is 2. The zero-order valence-corrected chi connectivity index (χ0v) is 13.5. The van der Waals surface area contributed by atoms with Crippen molar-refractivity contribution < 1.29 is 14.0 Å². The summed E-state index contributed by atoms with van der Waals surface area (Å²) >= 11 is 0. The molecule has 0 aliphatic rings. The maximum absolute atomic E-state index is 12.2. The van der Waals surface area contributed by atoms with Crippen LogP contribution in [0.15, 0.2) is 65.1 Å². The van der Waals surface area contributed by atoms with Gasteiger partial charge in [-0.3, -0.25) is 9.59 Å². The number of ketones is 1. The molecule has 3 aromatic rings. The standard InChI is InChI=1S/C20H17NO3/c1-13-3-9-17(10-4-13)21-20(23)19-12-11-18(24-19)16-7-5-15(6-8-16)14(2)22/h3-12H,1-2H3,(H,21,23). The van der Waals surface area contributed by atoms with E-state index in [1.165, 1.54) is 6.92 Å². The first-order valence-corrected chi connectivity index (χ1v) is 7.62. The van der Waals surface area contributed by atoms with Crippen molar-refractivity contribution in [3.63, 3.8) is 0 Å². The lowest BCUT2D eigenvalue weighted by Crippen LogP contribution is -2.10. The lowest BCUT2D eigenvalue weighted by molar-refractivity contribution is 0.0994. The van der Waals surface area contributed by atoms with E-state index >= 15 is 0 Å². The van der Waals surface area contributed by atoms with Crippen molar-refractivity contribution in [2.75, 3.05) is 5.32 Å². The van der Waals surface area contributed by atoms with Crippen molar-refractivity contribution >= 4 is 17.4 Å². The van der Waals surface area contributed by atoms with E-state index in [0.717, 1.165) is 16.8 Å². The molecule has 0 aliphatic heterocycles. The molecule has 0 fully saturated rings. The zero-order valence-electron chi connectivity index (χ0n) is 13.5. The normalized spacial score (nSPS) is 10.4. The summed E-state index contributed by atoms with van der Waals surface area (Å²) in [5, 5.41) is 2.80. The van der Waals surface area contributed by atoms with Gasteiger partial charge in [0, 0.05) is 16.8 Å². The average Bonchev–Trinajstić information content (AvgIpc) is 3.07. The summed E-state index contributed by atoms with van der Waals surface area (Å²) in [6, 6.07) is 18.0. The molecule has 1 aromatic heterocycles. The smallest absolute Gasteiger partial charge is 0.291 e. The molecule has 0 aliphatic carbocycles. The van der Waals surface area contributed by atoms with Crippen LogP contribution in [0.25, 0.3) is 11.3 Å². The van der Waals surface area contributed by atoms with Crippen LogP contribution < -0.4 is 5.32 Å². The van der Waals surface area contributed by atoms with Gasteiger partial charge in [0.1, 0.15) is 5.76 Å². The molecule has 0 spiro atoms. The molecule has 3 rings (SSSR count). The van der Waals surface area contributed by atoms with Crippen molar-refractivity contribution in [1.82, 2.24) is 0 Å². The van der Waals surface area contributed by atoms with Gasteiger partial charge in [0.25, 0.3) is 5.91 Å². The predicted molar refractivity (Wildman–Crippen MR) is 93.3 cm³/mol. The Balaban J connectivity index is 1.75. The second-order valence-corrected chi connectivity index (χ2v) is 5.62. The molecule has 0 unspecified atom stereocenters. The van der Waals surface area contributed by atoms with Crippen LogP contribution in [0, 0.1) is 6.92 Å². The molecule has 4 nitrogen and oxygen atoms in total. The number of hydrogen-bond acceptors (Lipinski definition) is 3. The summed E-state index contributed by atoms with van der Waals surface area (Å²) in [6.45, 7) is 3.51.